The van der Waals surface area contributed by atoms with Crippen molar-refractivity contribution in [3.63, 3.8) is 0 Å². The summed E-state index contributed by atoms with van der Waals surface area (Å²) in [6.45, 7) is 0.524. The molecule has 0 amide bonds. The van der Waals surface area contributed by atoms with Gasteiger partial charge in [-0.2, -0.15) is 8.75 Å². The lowest BCUT2D eigenvalue weighted by Crippen LogP contribution is -2.28. The van der Waals surface area contributed by atoms with E-state index in [4.69, 9.17) is 0 Å². The average molecular weight is 297 g/mol. The summed E-state index contributed by atoms with van der Waals surface area (Å²) in [6, 6.07) is 5.06. The van der Waals surface area contributed by atoms with Crippen LogP contribution in [-0.2, 0) is 10.0 Å². The Labute approximate surface area is 116 Å². The molecule has 1 aromatic heterocycles. The van der Waals surface area contributed by atoms with Gasteiger partial charge in [-0.1, -0.05) is 18.9 Å². The van der Waals surface area contributed by atoms with Crippen LogP contribution < -0.4 is 4.72 Å². The SMILES string of the molecule is O=S(=O)(NCC1CCCC1)c1cccc2nsnc12. The third kappa shape index (κ3) is 2.63. The summed E-state index contributed by atoms with van der Waals surface area (Å²) >= 11 is 1.03. The zero-order chi connectivity index (χ0) is 13.3. The first-order chi connectivity index (χ1) is 9.17. The average Bonchev–Trinajstić information content (AvgIpc) is 3.06. The number of fused-ring (bicyclic) bond motifs is 1. The van der Waals surface area contributed by atoms with Crippen LogP contribution in [-0.4, -0.2) is 23.7 Å². The quantitative estimate of drug-likeness (QED) is 0.938. The number of nitrogens with zero attached hydrogens (tertiary/aromatic N) is 2. The highest BCUT2D eigenvalue weighted by molar-refractivity contribution is 7.89. The lowest BCUT2D eigenvalue weighted by atomic mass is 10.1. The predicted molar refractivity (Wildman–Crippen MR) is 74.6 cm³/mol. The molecule has 3 rings (SSSR count). The highest BCUT2D eigenvalue weighted by atomic mass is 32.2. The highest BCUT2D eigenvalue weighted by Crippen LogP contribution is 2.25. The molecule has 1 aliphatic rings. The second kappa shape index (κ2) is 5.15. The van der Waals surface area contributed by atoms with Crippen LogP contribution in [0.1, 0.15) is 25.7 Å². The molecule has 7 heteroatoms. The van der Waals surface area contributed by atoms with Crippen LogP contribution in [0.15, 0.2) is 23.1 Å². The van der Waals surface area contributed by atoms with Crippen LogP contribution in [0.3, 0.4) is 0 Å². The van der Waals surface area contributed by atoms with Gasteiger partial charge in [0.1, 0.15) is 15.9 Å². The first-order valence-corrected chi connectivity index (χ1v) is 8.59. The summed E-state index contributed by atoms with van der Waals surface area (Å²) in [5.74, 6) is 0.475. The van der Waals surface area contributed by atoms with Crippen molar-refractivity contribution >= 4 is 32.8 Å². The maximum Gasteiger partial charge on any atom is 0.242 e. The minimum Gasteiger partial charge on any atom is -0.211 e. The van der Waals surface area contributed by atoms with Gasteiger partial charge in [0.25, 0.3) is 0 Å². The van der Waals surface area contributed by atoms with E-state index >= 15 is 0 Å². The number of nitrogens with one attached hydrogen (secondary N) is 1. The molecule has 1 heterocycles. The van der Waals surface area contributed by atoms with Gasteiger partial charge in [0.05, 0.1) is 11.7 Å². The lowest BCUT2D eigenvalue weighted by Gasteiger charge is -2.11. The van der Waals surface area contributed by atoms with Crippen LogP contribution >= 0.6 is 11.7 Å². The summed E-state index contributed by atoms with van der Waals surface area (Å²) < 4.78 is 35.5. The Kier molecular flexibility index (Phi) is 3.51. The van der Waals surface area contributed by atoms with Crippen molar-refractivity contribution in [2.75, 3.05) is 6.54 Å². The molecule has 1 saturated carbocycles. The van der Waals surface area contributed by atoms with Gasteiger partial charge >= 0.3 is 0 Å². The van der Waals surface area contributed by atoms with E-state index in [9.17, 15) is 8.42 Å². The minimum atomic E-state index is -3.49. The zero-order valence-corrected chi connectivity index (χ0v) is 12.0. The maximum absolute atomic E-state index is 12.3. The number of aromatic nitrogens is 2. The standard InChI is InChI=1S/C12H15N3O2S2/c16-19(17,13-8-9-4-1-2-5-9)11-7-3-6-10-12(11)15-18-14-10/h3,6-7,9,13H,1-2,4-5,8H2. The number of sulfonamides is 1. The first-order valence-electron chi connectivity index (χ1n) is 6.38. The van der Waals surface area contributed by atoms with Crippen molar-refractivity contribution in [1.29, 1.82) is 0 Å². The molecule has 0 saturated heterocycles. The molecule has 0 radical (unpaired) electrons. The molecule has 1 aromatic carbocycles. The Balaban J connectivity index is 1.84. The van der Waals surface area contributed by atoms with Gasteiger partial charge in [0.2, 0.25) is 10.0 Å². The monoisotopic (exact) mass is 297 g/mol. The van der Waals surface area contributed by atoms with E-state index in [1.807, 2.05) is 0 Å². The van der Waals surface area contributed by atoms with Gasteiger partial charge in [0.15, 0.2) is 0 Å². The largest absolute Gasteiger partial charge is 0.242 e. The number of benzene rings is 1. The van der Waals surface area contributed by atoms with E-state index in [-0.39, 0.29) is 4.90 Å². The van der Waals surface area contributed by atoms with Gasteiger partial charge in [-0.05, 0) is 30.9 Å². The van der Waals surface area contributed by atoms with Crippen molar-refractivity contribution in [2.45, 2.75) is 30.6 Å². The fourth-order valence-electron chi connectivity index (χ4n) is 2.52. The molecule has 19 heavy (non-hydrogen) atoms. The molecule has 2 aromatic rings. The third-order valence-electron chi connectivity index (χ3n) is 3.58. The van der Waals surface area contributed by atoms with E-state index in [2.05, 4.69) is 13.5 Å². The van der Waals surface area contributed by atoms with E-state index in [0.29, 0.717) is 23.5 Å². The van der Waals surface area contributed by atoms with Crippen LogP contribution in [0.5, 0.6) is 0 Å². The van der Waals surface area contributed by atoms with E-state index in [1.54, 1.807) is 18.2 Å². The molecule has 1 aliphatic carbocycles. The minimum absolute atomic E-state index is 0.233. The number of hydrogen-bond acceptors (Lipinski definition) is 5. The first kappa shape index (κ1) is 13.0. The molecular weight excluding hydrogens is 282 g/mol. The lowest BCUT2D eigenvalue weighted by molar-refractivity contribution is 0.520. The Morgan fingerprint density at radius 1 is 1.26 bits per heavy atom. The van der Waals surface area contributed by atoms with Gasteiger partial charge in [0, 0.05) is 6.54 Å². The van der Waals surface area contributed by atoms with Crippen LogP contribution in [0.4, 0.5) is 0 Å². The van der Waals surface area contributed by atoms with Crippen molar-refractivity contribution in [2.24, 2.45) is 5.92 Å². The second-order valence-corrected chi connectivity index (χ2v) is 7.15. The maximum atomic E-state index is 12.3. The molecule has 102 valence electrons. The third-order valence-corrected chi connectivity index (χ3v) is 5.57. The molecule has 1 N–H and O–H groups in total. The van der Waals surface area contributed by atoms with Gasteiger partial charge < -0.3 is 0 Å². The zero-order valence-electron chi connectivity index (χ0n) is 10.4. The summed E-state index contributed by atoms with van der Waals surface area (Å²) in [5.41, 5.74) is 1.10. The van der Waals surface area contributed by atoms with Gasteiger partial charge in [-0.25, -0.2) is 13.1 Å². The molecular formula is C12H15N3O2S2. The predicted octanol–water partition coefficient (Wildman–Crippen LogP) is 2.16. The number of hydrogen-bond donors (Lipinski definition) is 1. The van der Waals surface area contributed by atoms with Crippen LogP contribution in [0, 0.1) is 5.92 Å². The topological polar surface area (TPSA) is 72.0 Å². The summed E-state index contributed by atoms with van der Waals surface area (Å²) in [6.07, 6.45) is 4.64. The van der Waals surface area contributed by atoms with Crippen LogP contribution in [0.2, 0.25) is 0 Å². The molecule has 5 nitrogen and oxygen atoms in total. The van der Waals surface area contributed by atoms with E-state index in [0.717, 1.165) is 24.6 Å². The summed E-state index contributed by atoms with van der Waals surface area (Å²) in [4.78, 5) is 0.233. The van der Waals surface area contributed by atoms with Crippen molar-refractivity contribution in [3.05, 3.63) is 18.2 Å². The molecule has 0 atom stereocenters. The molecule has 1 fully saturated rings. The summed E-state index contributed by atoms with van der Waals surface area (Å²) in [5, 5.41) is 0. The Morgan fingerprint density at radius 2 is 2.05 bits per heavy atom. The molecule has 0 aliphatic heterocycles. The van der Waals surface area contributed by atoms with Gasteiger partial charge in [-0.15, -0.1) is 0 Å². The molecule has 0 spiro atoms. The van der Waals surface area contributed by atoms with E-state index < -0.39 is 10.0 Å². The van der Waals surface area contributed by atoms with E-state index in [1.165, 1.54) is 12.8 Å². The van der Waals surface area contributed by atoms with Crippen molar-refractivity contribution in [3.8, 4) is 0 Å². The highest BCUT2D eigenvalue weighted by Gasteiger charge is 2.22. The van der Waals surface area contributed by atoms with Crippen molar-refractivity contribution in [1.82, 2.24) is 13.5 Å². The van der Waals surface area contributed by atoms with Gasteiger partial charge in [-0.3, -0.25) is 0 Å². The molecule has 0 bridgehead atoms. The summed E-state index contributed by atoms with van der Waals surface area (Å²) in [7, 11) is -3.49. The fraction of sp³-hybridized carbons (Fsp3) is 0.500. The Morgan fingerprint density at radius 3 is 2.84 bits per heavy atom. The smallest absolute Gasteiger partial charge is 0.211 e. The fourth-order valence-corrected chi connectivity index (χ4v) is 4.40. The normalized spacial score (nSPS) is 17.3. The number of rotatable bonds is 4. The van der Waals surface area contributed by atoms with Crippen LogP contribution in [0.25, 0.3) is 11.0 Å². The second-order valence-electron chi connectivity index (χ2n) is 4.89. The van der Waals surface area contributed by atoms with Crippen molar-refractivity contribution < 1.29 is 8.42 Å². The molecule has 0 unspecified atom stereocenters. The Hall–Kier alpha value is -1.05. The Bertz CT molecular complexity index is 675.